The Balaban J connectivity index is 1.94. The Morgan fingerprint density at radius 1 is 1.32 bits per heavy atom. The number of hydrogen-bond donors (Lipinski definition) is 2. The van der Waals surface area contributed by atoms with Gasteiger partial charge in [0.2, 0.25) is 5.50 Å². The summed E-state index contributed by atoms with van der Waals surface area (Å²) < 4.78 is 18.9. The number of aryl methyl sites for hydroxylation is 1. The van der Waals surface area contributed by atoms with Crippen molar-refractivity contribution in [2.45, 2.75) is 33.2 Å². The molecular formula is C17H18ClN2O4P. The Bertz CT molecular complexity index is 1030. The second kappa shape index (κ2) is 5.71. The van der Waals surface area contributed by atoms with E-state index in [2.05, 4.69) is 0 Å². The minimum atomic E-state index is -4.43. The molecule has 2 aromatic heterocycles. The first-order valence-electron chi connectivity index (χ1n) is 8.08. The van der Waals surface area contributed by atoms with Crippen molar-refractivity contribution in [3.8, 4) is 11.6 Å². The van der Waals surface area contributed by atoms with E-state index in [1.165, 1.54) is 18.9 Å². The van der Waals surface area contributed by atoms with Crippen molar-refractivity contribution in [1.29, 1.82) is 0 Å². The predicted octanol–water partition coefficient (Wildman–Crippen LogP) is 3.78. The van der Waals surface area contributed by atoms with Crippen LogP contribution in [0.15, 0.2) is 22.6 Å². The Kier molecular flexibility index (Phi) is 3.85. The van der Waals surface area contributed by atoms with E-state index in [0.717, 1.165) is 28.7 Å². The van der Waals surface area contributed by atoms with Gasteiger partial charge in [-0.3, -0.25) is 4.57 Å². The van der Waals surface area contributed by atoms with Crippen LogP contribution in [-0.2, 0) is 11.1 Å². The Labute approximate surface area is 149 Å². The second-order valence-corrected chi connectivity index (χ2v) is 8.58. The molecule has 0 saturated heterocycles. The summed E-state index contributed by atoms with van der Waals surface area (Å²) in [4.78, 5) is 23.3. The molecule has 0 aliphatic heterocycles. The van der Waals surface area contributed by atoms with Crippen LogP contribution in [0.4, 0.5) is 0 Å². The molecule has 1 aliphatic carbocycles. The summed E-state index contributed by atoms with van der Waals surface area (Å²) in [6.07, 6.45) is 2.34. The normalized spacial score (nSPS) is 15.2. The standard InChI is InChI=1S/C17H18ClN2O4P/c1-9-10(2)16-13(7-12(9)18)20(8-11-3-4-11)17(19-16)14-5-6-15(24-14)25(21,22)23/h5-7,11H,3-4,8H2,1-2H3,(H2,21,22,23). The van der Waals surface area contributed by atoms with E-state index in [1.54, 1.807) is 6.07 Å². The molecule has 132 valence electrons. The Hall–Kier alpha value is -1.59. The highest BCUT2D eigenvalue weighted by molar-refractivity contribution is 7.59. The smallest absolute Gasteiger partial charge is 0.391 e. The molecule has 2 N–H and O–H groups in total. The summed E-state index contributed by atoms with van der Waals surface area (Å²) in [6, 6.07) is 4.77. The van der Waals surface area contributed by atoms with Crippen LogP contribution in [0.3, 0.4) is 0 Å². The lowest BCUT2D eigenvalue weighted by molar-refractivity contribution is 0.377. The van der Waals surface area contributed by atoms with Gasteiger partial charge in [-0.25, -0.2) is 4.98 Å². The topological polar surface area (TPSA) is 88.5 Å². The van der Waals surface area contributed by atoms with E-state index in [1.807, 2.05) is 24.5 Å². The SMILES string of the molecule is Cc1c(Cl)cc2c(nc(-c3ccc(P(=O)(O)O)o3)n2CC2CC2)c1C. The number of nitrogens with zero attached hydrogens (tertiary/aromatic N) is 2. The zero-order valence-corrected chi connectivity index (χ0v) is 15.5. The summed E-state index contributed by atoms with van der Waals surface area (Å²) in [5, 5.41) is 0.684. The number of fused-ring (bicyclic) bond motifs is 1. The highest BCUT2D eigenvalue weighted by Gasteiger charge is 2.28. The molecule has 0 radical (unpaired) electrons. The van der Waals surface area contributed by atoms with Gasteiger partial charge >= 0.3 is 7.60 Å². The number of rotatable bonds is 4. The molecule has 8 heteroatoms. The first-order chi connectivity index (χ1) is 11.8. The third-order valence-corrected chi connectivity index (χ3v) is 5.99. The summed E-state index contributed by atoms with van der Waals surface area (Å²) in [5.74, 6) is 1.52. The van der Waals surface area contributed by atoms with Crippen molar-refractivity contribution in [3.63, 3.8) is 0 Å². The predicted molar refractivity (Wildman–Crippen MR) is 96.3 cm³/mol. The Morgan fingerprint density at radius 2 is 2.04 bits per heavy atom. The van der Waals surface area contributed by atoms with Crippen LogP contribution in [0.5, 0.6) is 0 Å². The van der Waals surface area contributed by atoms with Crippen LogP contribution >= 0.6 is 19.2 Å². The largest absolute Gasteiger partial charge is 0.445 e. The van der Waals surface area contributed by atoms with Crippen LogP contribution in [0.25, 0.3) is 22.6 Å². The molecule has 4 rings (SSSR count). The lowest BCUT2D eigenvalue weighted by Crippen LogP contribution is -2.03. The fourth-order valence-corrected chi connectivity index (χ4v) is 3.74. The lowest BCUT2D eigenvalue weighted by atomic mass is 10.1. The molecule has 1 fully saturated rings. The van der Waals surface area contributed by atoms with Crippen molar-refractivity contribution < 1.29 is 18.8 Å². The number of halogens is 1. The third-order valence-electron chi connectivity index (χ3n) is 4.78. The van der Waals surface area contributed by atoms with Gasteiger partial charge in [0.25, 0.3) is 0 Å². The highest BCUT2D eigenvalue weighted by Crippen LogP contribution is 2.39. The van der Waals surface area contributed by atoms with Gasteiger partial charge in [-0.2, -0.15) is 0 Å². The first-order valence-corrected chi connectivity index (χ1v) is 10.1. The van der Waals surface area contributed by atoms with E-state index in [-0.39, 0.29) is 5.50 Å². The Morgan fingerprint density at radius 3 is 2.64 bits per heavy atom. The molecule has 2 heterocycles. The molecule has 3 aromatic rings. The molecular weight excluding hydrogens is 363 g/mol. The van der Waals surface area contributed by atoms with E-state index in [4.69, 9.17) is 21.0 Å². The van der Waals surface area contributed by atoms with Gasteiger partial charge < -0.3 is 18.8 Å². The average molecular weight is 381 g/mol. The molecule has 0 bridgehead atoms. The van der Waals surface area contributed by atoms with Gasteiger partial charge in [0, 0.05) is 11.6 Å². The fourth-order valence-electron chi connectivity index (χ4n) is 3.01. The maximum Gasteiger partial charge on any atom is 0.391 e. The maximum absolute atomic E-state index is 11.4. The number of hydrogen-bond acceptors (Lipinski definition) is 3. The lowest BCUT2D eigenvalue weighted by Gasteiger charge is -2.09. The summed E-state index contributed by atoms with van der Waals surface area (Å²) in [7, 11) is -4.43. The third kappa shape index (κ3) is 2.93. The molecule has 0 spiro atoms. The van der Waals surface area contributed by atoms with E-state index in [9.17, 15) is 14.4 Å². The van der Waals surface area contributed by atoms with Crippen LogP contribution in [-0.4, -0.2) is 19.3 Å². The van der Waals surface area contributed by atoms with Crippen molar-refractivity contribution in [2.24, 2.45) is 5.92 Å². The van der Waals surface area contributed by atoms with Crippen molar-refractivity contribution in [2.75, 3.05) is 0 Å². The van der Waals surface area contributed by atoms with Crippen LogP contribution < -0.4 is 5.50 Å². The first kappa shape index (κ1) is 16.9. The van der Waals surface area contributed by atoms with E-state index in [0.29, 0.717) is 22.5 Å². The van der Waals surface area contributed by atoms with Gasteiger partial charge in [0.15, 0.2) is 11.6 Å². The summed E-state index contributed by atoms with van der Waals surface area (Å²) >= 11 is 6.37. The second-order valence-electron chi connectivity index (χ2n) is 6.65. The van der Waals surface area contributed by atoms with Gasteiger partial charge in [0.05, 0.1) is 11.0 Å². The number of aromatic nitrogens is 2. The molecule has 0 atom stereocenters. The van der Waals surface area contributed by atoms with Crippen molar-refractivity contribution in [1.82, 2.24) is 9.55 Å². The zero-order chi connectivity index (χ0) is 17.9. The summed E-state index contributed by atoms with van der Waals surface area (Å²) in [5.41, 5.74) is 3.39. The molecule has 1 aromatic carbocycles. The molecule has 25 heavy (non-hydrogen) atoms. The van der Waals surface area contributed by atoms with Gasteiger partial charge in [-0.15, -0.1) is 0 Å². The monoisotopic (exact) mass is 380 g/mol. The minimum Gasteiger partial charge on any atom is -0.445 e. The maximum atomic E-state index is 11.4. The minimum absolute atomic E-state index is 0.349. The molecule has 1 saturated carbocycles. The van der Waals surface area contributed by atoms with Crippen LogP contribution in [0, 0.1) is 19.8 Å². The summed E-state index contributed by atoms with van der Waals surface area (Å²) in [6.45, 7) is 4.72. The number of benzene rings is 1. The van der Waals surface area contributed by atoms with Crippen molar-refractivity contribution in [3.05, 3.63) is 34.3 Å². The number of furan rings is 1. The molecule has 6 nitrogen and oxygen atoms in total. The van der Waals surface area contributed by atoms with E-state index < -0.39 is 7.60 Å². The van der Waals surface area contributed by atoms with Crippen LogP contribution in [0.2, 0.25) is 5.02 Å². The zero-order valence-electron chi connectivity index (χ0n) is 13.9. The van der Waals surface area contributed by atoms with Gasteiger partial charge in [-0.1, -0.05) is 11.6 Å². The van der Waals surface area contributed by atoms with Gasteiger partial charge in [0.1, 0.15) is 0 Å². The molecule has 0 unspecified atom stereocenters. The average Bonchev–Trinajstić information content (AvgIpc) is 3.07. The highest BCUT2D eigenvalue weighted by atomic mass is 35.5. The molecule has 1 aliphatic rings. The number of imidazole rings is 1. The fraction of sp³-hybridized carbons (Fsp3) is 0.353. The van der Waals surface area contributed by atoms with Gasteiger partial charge in [-0.05, 0) is 61.9 Å². The quantitative estimate of drug-likeness (QED) is 0.672. The molecule has 0 amide bonds. The van der Waals surface area contributed by atoms with Crippen LogP contribution in [0.1, 0.15) is 24.0 Å². The van der Waals surface area contributed by atoms with E-state index >= 15 is 0 Å². The van der Waals surface area contributed by atoms with Crippen molar-refractivity contribution >= 4 is 35.7 Å².